The van der Waals surface area contributed by atoms with Crippen LogP contribution in [0, 0.1) is 0 Å². The zero-order chi connectivity index (χ0) is 22.9. The van der Waals surface area contributed by atoms with Crippen LogP contribution >= 0.6 is 0 Å². The van der Waals surface area contributed by atoms with Crippen molar-refractivity contribution in [3.63, 3.8) is 0 Å². The molecule has 3 aromatic rings. The van der Waals surface area contributed by atoms with Crippen LogP contribution < -0.4 is 20.1 Å². The van der Waals surface area contributed by atoms with E-state index in [2.05, 4.69) is 24.5 Å². The molecule has 6 heteroatoms. The SMILES string of the molecule is CCC(C)c1ccc(OCC(=O)Nc2ccc(C(=O)Nc3ccccc3OC)cc2)cc1. The topological polar surface area (TPSA) is 76.7 Å². The maximum atomic E-state index is 12.5. The molecule has 0 spiro atoms. The molecule has 32 heavy (non-hydrogen) atoms. The number of hydrogen-bond acceptors (Lipinski definition) is 4. The summed E-state index contributed by atoms with van der Waals surface area (Å²) in [7, 11) is 1.55. The molecule has 0 radical (unpaired) electrons. The van der Waals surface area contributed by atoms with Crippen molar-refractivity contribution in [2.45, 2.75) is 26.2 Å². The van der Waals surface area contributed by atoms with E-state index >= 15 is 0 Å². The smallest absolute Gasteiger partial charge is 0.262 e. The minimum absolute atomic E-state index is 0.0985. The van der Waals surface area contributed by atoms with Crippen LogP contribution in [-0.2, 0) is 4.79 Å². The summed E-state index contributed by atoms with van der Waals surface area (Å²) >= 11 is 0. The first-order valence-electron chi connectivity index (χ1n) is 10.6. The van der Waals surface area contributed by atoms with Crippen LogP contribution in [0.4, 0.5) is 11.4 Å². The summed E-state index contributed by atoms with van der Waals surface area (Å²) in [6, 6.07) is 21.6. The molecule has 0 heterocycles. The lowest BCUT2D eigenvalue weighted by Gasteiger charge is -2.11. The fourth-order valence-corrected chi connectivity index (χ4v) is 3.12. The van der Waals surface area contributed by atoms with E-state index in [1.807, 2.05) is 36.4 Å². The van der Waals surface area contributed by atoms with E-state index in [0.717, 1.165) is 6.42 Å². The zero-order valence-electron chi connectivity index (χ0n) is 18.6. The third-order valence-electron chi connectivity index (χ3n) is 5.22. The number of para-hydroxylation sites is 2. The van der Waals surface area contributed by atoms with Gasteiger partial charge in [0.1, 0.15) is 11.5 Å². The Balaban J connectivity index is 1.51. The first-order valence-corrected chi connectivity index (χ1v) is 10.6. The number of benzene rings is 3. The maximum Gasteiger partial charge on any atom is 0.262 e. The number of amides is 2. The summed E-state index contributed by atoms with van der Waals surface area (Å²) in [5.41, 5.74) is 2.89. The van der Waals surface area contributed by atoms with Gasteiger partial charge in [-0.3, -0.25) is 9.59 Å². The summed E-state index contributed by atoms with van der Waals surface area (Å²) in [4.78, 5) is 24.7. The third-order valence-corrected chi connectivity index (χ3v) is 5.22. The van der Waals surface area contributed by atoms with Crippen molar-refractivity contribution in [2.75, 3.05) is 24.4 Å². The Morgan fingerprint density at radius 1 is 0.906 bits per heavy atom. The van der Waals surface area contributed by atoms with Gasteiger partial charge in [-0.25, -0.2) is 0 Å². The Labute approximate surface area is 188 Å². The Kier molecular flexibility index (Phi) is 7.86. The van der Waals surface area contributed by atoms with Crippen molar-refractivity contribution >= 4 is 23.2 Å². The van der Waals surface area contributed by atoms with Gasteiger partial charge in [-0.15, -0.1) is 0 Å². The van der Waals surface area contributed by atoms with Crippen molar-refractivity contribution in [2.24, 2.45) is 0 Å². The molecule has 0 aromatic heterocycles. The molecular weight excluding hydrogens is 404 g/mol. The largest absolute Gasteiger partial charge is 0.495 e. The first-order chi connectivity index (χ1) is 15.5. The van der Waals surface area contributed by atoms with Crippen LogP contribution in [0.2, 0.25) is 0 Å². The molecule has 0 aliphatic rings. The van der Waals surface area contributed by atoms with Crippen molar-refractivity contribution in [1.29, 1.82) is 0 Å². The van der Waals surface area contributed by atoms with Gasteiger partial charge in [-0.05, 0) is 66.4 Å². The van der Waals surface area contributed by atoms with Gasteiger partial charge in [0.25, 0.3) is 11.8 Å². The number of methoxy groups -OCH3 is 1. The molecule has 3 aromatic carbocycles. The second kappa shape index (κ2) is 11.0. The highest BCUT2D eigenvalue weighted by Gasteiger charge is 2.10. The molecule has 0 saturated heterocycles. The Morgan fingerprint density at radius 3 is 2.25 bits per heavy atom. The van der Waals surface area contributed by atoms with E-state index in [1.165, 1.54) is 5.56 Å². The van der Waals surface area contributed by atoms with Gasteiger partial charge in [0.2, 0.25) is 0 Å². The maximum absolute atomic E-state index is 12.5. The normalized spacial score (nSPS) is 11.3. The van der Waals surface area contributed by atoms with Gasteiger partial charge in [0, 0.05) is 11.3 Å². The van der Waals surface area contributed by atoms with Crippen molar-refractivity contribution in [1.82, 2.24) is 0 Å². The summed E-state index contributed by atoms with van der Waals surface area (Å²) in [5, 5.41) is 5.59. The van der Waals surface area contributed by atoms with E-state index in [4.69, 9.17) is 9.47 Å². The monoisotopic (exact) mass is 432 g/mol. The molecular formula is C26H28N2O4. The zero-order valence-corrected chi connectivity index (χ0v) is 18.6. The van der Waals surface area contributed by atoms with Gasteiger partial charge < -0.3 is 20.1 Å². The summed E-state index contributed by atoms with van der Waals surface area (Å²) in [6.07, 6.45) is 1.07. The van der Waals surface area contributed by atoms with Crippen LogP contribution in [0.3, 0.4) is 0 Å². The van der Waals surface area contributed by atoms with Crippen LogP contribution in [-0.4, -0.2) is 25.5 Å². The quantitative estimate of drug-likeness (QED) is 0.469. The number of rotatable bonds is 9. The van der Waals surface area contributed by atoms with Crippen molar-refractivity contribution < 1.29 is 19.1 Å². The Morgan fingerprint density at radius 2 is 1.59 bits per heavy atom. The predicted octanol–water partition coefficient (Wildman–Crippen LogP) is 5.48. The van der Waals surface area contributed by atoms with Crippen LogP contribution in [0.25, 0.3) is 0 Å². The average molecular weight is 433 g/mol. The average Bonchev–Trinajstić information content (AvgIpc) is 2.83. The van der Waals surface area contributed by atoms with Crippen molar-refractivity contribution in [3.8, 4) is 11.5 Å². The molecule has 6 nitrogen and oxygen atoms in total. The van der Waals surface area contributed by atoms with Crippen molar-refractivity contribution in [3.05, 3.63) is 83.9 Å². The van der Waals surface area contributed by atoms with Crippen LogP contribution in [0.15, 0.2) is 72.8 Å². The lowest BCUT2D eigenvalue weighted by molar-refractivity contribution is -0.118. The number of anilines is 2. The van der Waals surface area contributed by atoms with E-state index in [-0.39, 0.29) is 18.4 Å². The number of hydrogen-bond donors (Lipinski definition) is 2. The second-order valence-electron chi connectivity index (χ2n) is 7.45. The molecule has 166 valence electrons. The van der Waals surface area contributed by atoms with Crippen LogP contribution in [0.5, 0.6) is 11.5 Å². The van der Waals surface area contributed by atoms with Gasteiger partial charge >= 0.3 is 0 Å². The summed E-state index contributed by atoms with van der Waals surface area (Å²) in [6.45, 7) is 4.23. The highest BCUT2D eigenvalue weighted by molar-refractivity contribution is 6.05. The van der Waals surface area contributed by atoms with E-state index in [9.17, 15) is 9.59 Å². The van der Waals surface area contributed by atoms with Gasteiger partial charge in [-0.2, -0.15) is 0 Å². The van der Waals surface area contributed by atoms with Gasteiger partial charge in [0.05, 0.1) is 12.8 Å². The third kappa shape index (κ3) is 6.11. The van der Waals surface area contributed by atoms with E-state index in [0.29, 0.717) is 34.4 Å². The number of carbonyl (C=O) groups excluding carboxylic acids is 2. The Hall–Kier alpha value is -3.80. The molecule has 3 rings (SSSR count). The number of ether oxygens (including phenoxy) is 2. The molecule has 0 aliphatic heterocycles. The molecule has 2 amide bonds. The predicted molar refractivity (Wildman–Crippen MR) is 127 cm³/mol. The molecule has 0 fully saturated rings. The molecule has 1 unspecified atom stereocenters. The number of carbonyl (C=O) groups is 2. The molecule has 0 aliphatic carbocycles. The second-order valence-corrected chi connectivity index (χ2v) is 7.45. The van der Waals surface area contributed by atoms with E-state index < -0.39 is 0 Å². The molecule has 0 saturated carbocycles. The fourth-order valence-electron chi connectivity index (χ4n) is 3.12. The summed E-state index contributed by atoms with van der Waals surface area (Å²) in [5.74, 6) is 1.18. The molecule has 0 bridgehead atoms. The van der Waals surface area contributed by atoms with Gasteiger partial charge in [0.15, 0.2) is 6.61 Å². The lowest BCUT2D eigenvalue weighted by atomic mass is 9.99. The molecule has 1 atom stereocenters. The molecule has 2 N–H and O–H groups in total. The fraction of sp³-hybridized carbons (Fsp3) is 0.231. The minimum atomic E-state index is -0.276. The highest BCUT2D eigenvalue weighted by atomic mass is 16.5. The highest BCUT2D eigenvalue weighted by Crippen LogP contribution is 2.24. The van der Waals surface area contributed by atoms with Gasteiger partial charge in [-0.1, -0.05) is 38.1 Å². The lowest BCUT2D eigenvalue weighted by Crippen LogP contribution is -2.20. The van der Waals surface area contributed by atoms with E-state index in [1.54, 1.807) is 43.5 Å². The Bertz CT molecular complexity index is 1050. The van der Waals surface area contributed by atoms with Crippen LogP contribution in [0.1, 0.15) is 42.1 Å². The number of nitrogens with one attached hydrogen (secondary N) is 2. The minimum Gasteiger partial charge on any atom is -0.495 e. The first kappa shape index (κ1) is 22.9. The standard InChI is InChI=1S/C26H28N2O4/c1-4-18(2)19-11-15-22(16-12-19)32-17-25(29)27-21-13-9-20(10-14-21)26(30)28-23-7-5-6-8-24(23)31-3/h5-16,18H,4,17H2,1-3H3,(H,27,29)(H,28,30). The summed E-state index contributed by atoms with van der Waals surface area (Å²) < 4.78 is 10.8.